The third kappa shape index (κ3) is 6.70. The van der Waals surface area contributed by atoms with E-state index in [1.54, 1.807) is 21.7 Å². The number of carbonyl (C=O) groups is 2. The molecule has 1 atom stereocenters. The lowest BCUT2D eigenvalue weighted by molar-refractivity contribution is 0.0933. The Morgan fingerprint density at radius 2 is 1.81 bits per heavy atom. The molecule has 4 aromatic rings. The van der Waals surface area contributed by atoms with Crippen LogP contribution in [0.5, 0.6) is 11.5 Å². The largest absolute Gasteiger partial charge is 0.495 e. The maximum Gasteiger partial charge on any atom is 0.277 e. The van der Waals surface area contributed by atoms with Crippen molar-refractivity contribution in [2.45, 2.75) is 50.9 Å². The van der Waals surface area contributed by atoms with Gasteiger partial charge in [0.25, 0.3) is 11.8 Å². The minimum Gasteiger partial charge on any atom is -0.495 e. The molecule has 0 bridgehead atoms. The number of hydrogen-bond donors (Lipinski definition) is 1. The van der Waals surface area contributed by atoms with Crippen LogP contribution in [0.15, 0.2) is 83.2 Å². The Labute approximate surface area is 272 Å². The summed E-state index contributed by atoms with van der Waals surface area (Å²) in [5.41, 5.74) is 3.66. The summed E-state index contributed by atoms with van der Waals surface area (Å²) in [5.74, 6) is 3.03. The second kappa shape index (κ2) is 13.2. The summed E-state index contributed by atoms with van der Waals surface area (Å²) in [7, 11) is 1.47. The zero-order valence-corrected chi connectivity index (χ0v) is 26.1. The van der Waals surface area contributed by atoms with Crippen LogP contribution in [0.1, 0.15) is 63.7 Å². The normalized spacial score (nSPS) is 15.7. The number of aromatic nitrogens is 2. The van der Waals surface area contributed by atoms with Gasteiger partial charge >= 0.3 is 0 Å². The molecule has 236 valence electrons. The van der Waals surface area contributed by atoms with Crippen molar-refractivity contribution in [2.75, 3.05) is 23.9 Å². The highest BCUT2D eigenvalue weighted by Crippen LogP contribution is 2.36. The summed E-state index contributed by atoms with van der Waals surface area (Å²) in [6.45, 7) is 2.90. The first-order chi connectivity index (χ1) is 22.8. The fourth-order valence-electron chi connectivity index (χ4n) is 5.72. The first-order valence-corrected chi connectivity index (χ1v) is 15.3. The third-order valence-electron chi connectivity index (χ3n) is 8.33. The smallest absolute Gasteiger partial charge is 0.277 e. The van der Waals surface area contributed by atoms with Crippen molar-refractivity contribution in [3.63, 3.8) is 0 Å². The Morgan fingerprint density at radius 1 is 1.09 bits per heavy atom. The first kappa shape index (κ1) is 31.1. The summed E-state index contributed by atoms with van der Waals surface area (Å²) in [4.78, 5) is 28.8. The molecule has 11 heteroatoms. The van der Waals surface area contributed by atoms with Gasteiger partial charge in [-0.15, -0.1) is 12.3 Å². The summed E-state index contributed by atoms with van der Waals surface area (Å²) in [6.07, 6.45) is 9.61. The lowest BCUT2D eigenvalue weighted by Crippen LogP contribution is -2.47. The van der Waals surface area contributed by atoms with Crippen LogP contribution >= 0.6 is 0 Å². The van der Waals surface area contributed by atoms with Crippen molar-refractivity contribution in [3.8, 4) is 29.9 Å². The van der Waals surface area contributed by atoms with Crippen LogP contribution in [0.25, 0.3) is 0 Å². The quantitative estimate of drug-likeness (QED) is 0.192. The van der Waals surface area contributed by atoms with Crippen molar-refractivity contribution in [1.82, 2.24) is 9.78 Å². The highest BCUT2D eigenvalue weighted by molar-refractivity contribution is 6.15. The Hall–Kier alpha value is -5.94. The zero-order valence-electron chi connectivity index (χ0n) is 26.1. The van der Waals surface area contributed by atoms with Crippen LogP contribution in [-0.2, 0) is 13.0 Å². The number of nitriles is 1. The van der Waals surface area contributed by atoms with Crippen LogP contribution in [0, 0.1) is 23.7 Å². The first-order valence-electron chi connectivity index (χ1n) is 15.3. The number of rotatable bonds is 12. The molecule has 1 aromatic heterocycles. The van der Waals surface area contributed by atoms with Crippen LogP contribution in [0.2, 0.25) is 0 Å². The molecule has 2 aliphatic heterocycles. The molecule has 1 N–H and O–H groups in total. The summed E-state index contributed by atoms with van der Waals surface area (Å²) in [6, 6.07) is 22.5. The highest BCUT2D eigenvalue weighted by atomic mass is 16.5. The number of amides is 2. The van der Waals surface area contributed by atoms with Gasteiger partial charge in [0, 0.05) is 30.6 Å². The molecule has 0 radical (unpaired) electrons. The van der Waals surface area contributed by atoms with Gasteiger partial charge < -0.3 is 19.7 Å². The van der Waals surface area contributed by atoms with Gasteiger partial charge in [0.05, 0.1) is 43.6 Å². The number of benzene rings is 3. The predicted octanol–water partition coefficient (Wildman–Crippen LogP) is 6.00. The Bertz CT molecular complexity index is 1910. The van der Waals surface area contributed by atoms with Gasteiger partial charge in [-0.3, -0.25) is 14.3 Å². The van der Waals surface area contributed by atoms with E-state index in [-0.39, 0.29) is 34.4 Å². The van der Waals surface area contributed by atoms with E-state index < -0.39 is 5.91 Å². The van der Waals surface area contributed by atoms with E-state index in [1.165, 1.54) is 19.4 Å². The van der Waals surface area contributed by atoms with Gasteiger partial charge in [-0.1, -0.05) is 24.3 Å². The molecule has 0 saturated heterocycles. The van der Waals surface area contributed by atoms with Gasteiger partial charge in [-0.05, 0) is 66.9 Å². The van der Waals surface area contributed by atoms with E-state index in [0.717, 1.165) is 29.0 Å². The molecule has 2 amide bonds. The van der Waals surface area contributed by atoms with Crippen LogP contribution in [0.4, 0.5) is 11.4 Å². The molecular weight excluding hydrogens is 594 g/mol. The van der Waals surface area contributed by atoms with Crippen LogP contribution < -0.4 is 19.7 Å². The number of carbonyl (C=O) groups excluding carboxylic acids is 2. The predicted molar refractivity (Wildman–Crippen MR) is 176 cm³/mol. The molecule has 0 spiro atoms. The fourth-order valence-corrected chi connectivity index (χ4v) is 5.72. The van der Waals surface area contributed by atoms with Gasteiger partial charge in [0.1, 0.15) is 23.3 Å². The van der Waals surface area contributed by atoms with Gasteiger partial charge in [-0.2, -0.15) is 20.6 Å². The van der Waals surface area contributed by atoms with Crippen molar-refractivity contribution in [2.24, 2.45) is 10.2 Å². The maximum absolute atomic E-state index is 13.8. The molecule has 3 heterocycles. The molecule has 6 rings (SSSR count). The fraction of sp³-hybridized carbons (Fsp3) is 0.278. The number of ether oxygens (including phenoxy) is 2. The number of nitrogens with one attached hydrogen (secondary N) is 1. The molecule has 0 fully saturated rings. The van der Waals surface area contributed by atoms with Crippen molar-refractivity contribution in [3.05, 3.63) is 101 Å². The molecule has 2 aliphatic rings. The van der Waals surface area contributed by atoms with Gasteiger partial charge in [-0.25, -0.2) is 0 Å². The minimum absolute atomic E-state index is 0.159. The Kier molecular flexibility index (Phi) is 8.72. The Morgan fingerprint density at radius 3 is 2.47 bits per heavy atom. The topological polar surface area (TPSA) is 134 Å². The van der Waals surface area contributed by atoms with E-state index in [2.05, 4.69) is 26.6 Å². The molecule has 0 unspecified atom stereocenters. The zero-order chi connectivity index (χ0) is 33.0. The summed E-state index contributed by atoms with van der Waals surface area (Å²) < 4.78 is 12.7. The van der Waals surface area contributed by atoms with E-state index in [4.69, 9.17) is 15.9 Å². The van der Waals surface area contributed by atoms with E-state index in [0.29, 0.717) is 43.9 Å². The lowest BCUT2D eigenvalue weighted by Gasteiger charge is -2.34. The summed E-state index contributed by atoms with van der Waals surface area (Å²) in [5, 5.41) is 24.8. The van der Waals surface area contributed by atoms with Crippen molar-refractivity contribution in [1.29, 1.82) is 5.26 Å². The molecule has 47 heavy (non-hydrogen) atoms. The van der Waals surface area contributed by atoms with E-state index in [1.807, 2.05) is 61.5 Å². The van der Waals surface area contributed by atoms with E-state index in [9.17, 15) is 14.9 Å². The van der Waals surface area contributed by atoms with E-state index >= 15 is 0 Å². The number of hydrogen-bond acceptors (Lipinski definition) is 8. The standard InChI is InChI=1S/C36H33N7O4/c1-4-5-16-36(40-41-36)17-18-47-30-13-8-26(9-14-30)19-25-6-11-29(12-7-25)43-24(2)23-42-33(35(43)45)31(22-38-42)34(44)39-28-10-15-32(46-3)27(20-28)21-37/h1,6-15,20,22,24H,5,16-19,23H2,2-3H3,(H,39,44)/t24-/m0/s1. The minimum atomic E-state index is -0.493. The van der Waals surface area contributed by atoms with Crippen molar-refractivity contribution < 1.29 is 19.1 Å². The number of anilines is 2. The Balaban J connectivity index is 1.09. The molecule has 11 nitrogen and oxygen atoms in total. The average molecular weight is 628 g/mol. The lowest BCUT2D eigenvalue weighted by atomic mass is 10.0. The monoisotopic (exact) mass is 627 g/mol. The van der Waals surface area contributed by atoms with Gasteiger partial charge in [0.2, 0.25) is 0 Å². The number of methoxy groups -OCH3 is 1. The maximum atomic E-state index is 13.8. The molecule has 0 saturated carbocycles. The number of terminal acetylenes is 1. The average Bonchev–Trinajstić information content (AvgIpc) is 3.72. The highest BCUT2D eigenvalue weighted by Gasteiger charge is 2.39. The SMILES string of the molecule is C#CCCC1(CCOc2ccc(Cc3ccc(N4C(=O)c5c(C(=O)Nc6ccc(OC)c(C#N)c6)cnn5C[C@@H]4C)cc3)cc2)N=N1. The second-order valence-electron chi connectivity index (χ2n) is 11.6. The molecule has 3 aromatic carbocycles. The van der Waals surface area contributed by atoms with Crippen LogP contribution in [0.3, 0.4) is 0 Å². The number of fused-ring (bicyclic) bond motifs is 1. The second-order valence-corrected chi connectivity index (χ2v) is 11.6. The third-order valence-corrected chi connectivity index (χ3v) is 8.33. The molecule has 0 aliphatic carbocycles. The van der Waals surface area contributed by atoms with Gasteiger partial charge in [0.15, 0.2) is 5.66 Å². The number of nitrogens with zero attached hydrogens (tertiary/aromatic N) is 6. The molecular formula is C36H33N7O4. The summed E-state index contributed by atoms with van der Waals surface area (Å²) >= 11 is 0. The van der Waals surface area contributed by atoms with Crippen LogP contribution in [-0.4, -0.2) is 47.0 Å². The van der Waals surface area contributed by atoms with Crippen molar-refractivity contribution >= 4 is 23.2 Å².